The Bertz CT molecular complexity index is 1140. The van der Waals surface area contributed by atoms with Crippen molar-refractivity contribution in [2.45, 2.75) is 49.2 Å². The van der Waals surface area contributed by atoms with Gasteiger partial charge in [-0.2, -0.15) is 17.5 Å². The molecule has 2 aromatic carbocycles. The van der Waals surface area contributed by atoms with Crippen LogP contribution in [0.2, 0.25) is 0 Å². The van der Waals surface area contributed by atoms with Crippen LogP contribution >= 0.6 is 0 Å². The predicted octanol–water partition coefficient (Wildman–Crippen LogP) is 4.48. The molecule has 4 rings (SSSR count). The number of halogens is 4. The Morgan fingerprint density at radius 3 is 2.35 bits per heavy atom. The Kier molecular flexibility index (Phi) is 7.00. The summed E-state index contributed by atoms with van der Waals surface area (Å²) in [6.07, 6.45) is -1.78. The summed E-state index contributed by atoms with van der Waals surface area (Å²) in [4.78, 5) is 14.6. The summed E-state index contributed by atoms with van der Waals surface area (Å²) in [5.74, 6) is -0.696. The number of piperidine rings is 1. The van der Waals surface area contributed by atoms with Gasteiger partial charge < -0.3 is 4.90 Å². The van der Waals surface area contributed by atoms with E-state index in [-0.39, 0.29) is 36.8 Å². The van der Waals surface area contributed by atoms with Crippen LogP contribution in [0.5, 0.6) is 0 Å². The number of amides is 1. The first-order chi connectivity index (χ1) is 16.1. The lowest BCUT2D eigenvalue weighted by Gasteiger charge is -2.34. The molecule has 2 aliphatic rings. The van der Waals surface area contributed by atoms with Gasteiger partial charge in [-0.1, -0.05) is 18.2 Å². The molecule has 184 valence electrons. The summed E-state index contributed by atoms with van der Waals surface area (Å²) in [7, 11) is -4.10. The van der Waals surface area contributed by atoms with E-state index in [1.807, 2.05) is 11.0 Å². The van der Waals surface area contributed by atoms with Crippen LogP contribution in [0.15, 0.2) is 53.4 Å². The second-order valence-electron chi connectivity index (χ2n) is 8.87. The summed E-state index contributed by atoms with van der Waals surface area (Å²) in [5, 5.41) is 0. The molecule has 1 amide bonds. The number of carbonyl (C=O) groups excluding carboxylic acids is 1. The fraction of sp³-hybridized carbons (Fsp3) is 0.458. The zero-order valence-corrected chi connectivity index (χ0v) is 19.3. The average molecular weight is 499 g/mol. The second kappa shape index (κ2) is 9.65. The molecule has 0 spiro atoms. The summed E-state index contributed by atoms with van der Waals surface area (Å²) in [6.45, 7) is 0.746. The van der Waals surface area contributed by atoms with Crippen LogP contribution in [0, 0.1) is 11.7 Å². The third-order valence-corrected chi connectivity index (χ3v) is 8.52. The van der Waals surface area contributed by atoms with Crippen molar-refractivity contribution in [2.24, 2.45) is 5.92 Å². The zero-order valence-electron chi connectivity index (χ0n) is 18.5. The first-order valence-corrected chi connectivity index (χ1v) is 12.7. The van der Waals surface area contributed by atoms with E-state index in [2.05, 4.69) is 0 Å². The Balaban J connectivity index is 1.40. The van der Waals surface area contributed by atoms with Gasteiger partial charge in [-0.3, -0.25) is 4.79 Å². The number of sulfonamides is 1. The van der Waals surface area contributed by atoms with Crippen molar-refractivity contribution in [1.82, 2.24) is 9.21 Å². The molecule has 2 fully saturated rings. The largest absolute Gasteiger partial charge is 0.416 e. The smallest absolute Gasteiger partial charge is 0.339 e. The lowest BCUT2D eigenvalue weighted by Crippen LogP contribution is -2.46. The Morgan fingerprint density at radius 1 is 0.971 bits per heavy atom. The van der Waals surface area contributed by atoms with Gasteiger partial charge in [-0.15, -0.1) is 0 Å². The maximum Gasteiger partial charge on any atom is 0.416 e. The minimum absolute atomic E-state index is 0.0267. The first-order valence-electron chi connectivity index (χ1n) is 11.3. The van der Waals surface area contributed by atoms with Crippen molar-refractivity contribution < 1.29 is 30.8 Å². The number of rotatable bonds is 5. The number of benzene rings is 2. The fourth-order valence-corrected chi connectivity index (χ4v) is 6.35. The Labute approximate surface area is 196 Å². The summed E-state index contributed by atoms with van der Waals surface area (Å²) >= 11 is 0. The summed E-state index contributed by atoms with van der Waals surface area (Å²) < 4.78 is 79.5. The highest BCUT2D eigenvalue weighted by molar-refractivity contribution is 7.89. The number of hydrogen-bond acceptors (Lipinski definition) is 3. The quantitative estimate of drug-likeness (QED) is 0.572. The number of carbonyl (C=O) groups is 1. The van der Waals surface area contributed by atoms with Crippen LogP contribution in [-0.2, 0) is 27.4 Å². The molecule has 0 aromatic heterocycles. The minimum Gasteiger partial charge on any atom is -0.339 e. The molecule has 2 saturated heterocycles. The van der Waals surface area contributed by atoms with Gasteiger partial charge in [0.2, 0.25) is 15.9 Å². The van der Waals surface area contributed by atoms with E-state index in [1.54, 1.807) is 6.07 Å². The van der Waals surface area contributed by atoms with Crippen LogP contribution in [0.3, 0.4) is 0 Å². The van der Waals surface area contributed by atoms with E-state index in [9.17, 15) is 30.8 Å². The van der Waals surface area contributed by atoms with Crippen molar-refractivity contribution in [2.75, 3.05) is 19.6 Å². The summed E-state index contributed by atoms with van der Waals surface area (Å²) in [5.41, 5.74) is -0.191. The van der Waals surface area contributed by atoms with Crippen molar-refractivity contribution in [3.63, 3.8) is 0 Å². The molecule has 0 radical (unpaired) electrons. The molecule has 0 saturated carbocycles. The van der Waals surface area contributed by atoms with Crippen LogP contribution < -0.4 is 0 Å². The molecule has 2 aromatic rings. The molecule has 2 aliphatic heterocycles. The third kappa shape index (κ3) is 5.27. The molecule has 5 nitrogen and oxygen atoms in total. The predicted molar refractivity (Wildman–Crippen MR) is 118 cm³/mol. The molecule has 34 heavy (non-hydrogen) atoms. The van der Waals surface area contributed by atoms with Gasteiger partial charge in [0.1, 0.15) is 5.82 Å². The van der Waals surface area contributed by atoms with Crippen LogP contribution in [-0.4, -0.2) is 49.2 Å². The highest BCUT2D eigenvalue weighted by Crippen LogP contribution is 2.33. The van der Waals surface area contributed by atoms with E-state index in [0.29, 0.717) is 31.9 Å². The first kappa shape index (κ1) is 24.7. The van der Waals surface area contributed by atoms with E-state index in [0.717, 1.165) is 40.9 Å². The van der Waals surface area contributed by atoms with Crippen LogP contribution in [0.4, 0.5) is 17.6 Å². The van der Waals surface area contributed by atoms with Crippen LogP contribution in [0.25, 0.3) is 0 Å². The van der Waals surface area contributed by atoms with E-state index in [1.165, 1.54) is 12.1 Å². The van der Waals surface area contributed by atoms with Gasteiger partial charge in [0, 0.05) is 31.6 Å². The highest BCUT2D eigenvalue weighted by atomic mass is 32.2. The van der Waals surface area contributed by atoms with Gasteiger partial charge in [0.05, 0.1) is 10.5 Å². The van der Waals surface area contributed by atoms with Crippen molar-refractivity contribution in [3.8, 4) is 0 Å². The molecule has 2 heterocycles. The molecular weight excluding hydrogens is 472 g/mol. The standard InChI is InChI=1S/C24H26F4N2O3S/c25-20-6-1-4-17(14-20)15-21-7-3-11-30(21)23(31)18-9-12-29(13-10-18)34(32,33)22-8-2-5-19(16-22)24(26,27)28/h1-2,4-6,8,14,16,18,21H,3,7,9-13,15H2. The van der Waals surface area contributed by atoms with Gasteiger partial charge in [0.15, 0.2) is 0 Å². The second-order valence-corrected chi connectivity index (χ2v) is 10.8. The Morgan fingerprint density at radius 2 is 1.68 bits per heavy atom. The maximum atomic E-state index is 13.5. The fourth-order valence-electron chi connectivity index (χ4n) is 4.83. The molecule has 10 heteroatoms. The number of nitrogens with zero attached hydrogens (tertiary/aromatic N) is 2. The van der Waals surface area contributed by atoms with Gasteiger partial charge in [-0.05, 0) is 68.0 Å². The lowest BCUT2D eigenvalue weighted by atomic mass is 9.95. The SMILES string of the molecule is O=C(C1CCN(S(=O)(=O)c2cccc(C(F)(F)F)c2)CC1)N1CCCC1Cc1cccc(F)c1. The lowest BCUT2D eigenvalue weighted by molar-refractivity contribution is -0.138. The van der Waals surface area contributed by atoms with Gasteiger partial charge >= 0.3 is 6.18 Å². The van der Waals surface area contributed by atoms with Crippen molar-refractivity contribution in [3.05, 3.63) is 65.5 Å². The summed E-state index contributed by atoms with van der Waals surface area (Å²) in [6, 6.07) is 10.0. The number of alkyl halides is 3. The van der Waals surface area contributed by atoms with E-state index >= 15 is 0 Å². The number of likely N-dealkylation sites (tertiary alicyclic amines) is 1. The monoisotopic (exact) mass is 498 g/mol. The van der Waals surface area contributed by atoms with Crippen molar-refractivity contribution in [1.29, 1.82) is 0 Å². The molecular formula is C24H26F4N2O3S. The Hall–Kier alpha value is -2.46. The topological polar surface area (TPSA) is 57.7 Å². The molecule has 1 unspecified atom stereocenters. The molecule has 0 N–H and O–H groups in total. The third-order valence-electron chi connectivity index (χ3n) is 6.62. The average Bonchev–Trinajstić information content (AvgIpc) is 3.26. The minimum atomic E-state index is -4.64. The maximum absolute atomic E-state index is 13.5. The van der Waals surface area contributed by atoms with Crippen LogP contribution in [0.1, 0.15) is 36.8 Å². The van der Waals surface area contributed by atoms with E-state index < -0.39 is 26.7 Å². The zero-order chi connectivity index (χ0) is 24.5. The molecule has 0 aliphatic carbocycles. The molecule has 0 bridgehead atoms. The van der Waals surface area contributed by atoms with Gasteiger partial charge in [0.25, 0.3) is 0 Å². The normalized spacial score (nSPS) is 20.6. The van der Waals surface area contributed by atoms with E-state index in [4.69, 9.17) is 0 Å². The molecule has 1 atom stereocenters. The number of hydrogen-bond donors (Lipinski definition) is 0. The van der Waals surface area contributed by atoms with Gasteiger partial charge in [-0.25, -0.2) is 12.8 Å². The highest BCUT2D eigenvalue weighted by Gasteiger charge is 2.38. The van der Waals surface area contributed by atoms with Crippen molar-refractivity contribution >= 4 is 15.9 Å².